The van der Waals surface area contributed by atoms with Gasteiger partial charge < -0.3 is 4.74 Å². The molecule has 1 aromatic carbocycles. The molecule has 0 aliphatic rings. The lowest BCUT2D eigenvalue weighted by atomic mass is 10.0. The summed E-state index contributed by atoms with van der Waals surface area (Å²) in [6.45, 7) is 2.89. The monoisotopic (exact) mass is 430 g/mol. The highest BCUT2D eigenvalue weighted by Crippen LogP contribution is 2.14. The summed E-state index contributed by atoms with van der Waals surface area (Å²) in [5.41, 5.74) is 1.35. The molecular formula is C29H50O2. The topological polar surface area (TPSA) is 26.3 Å². The number of benzene rings is 1. The number of rotatable bonds is 22. The van der Waals surface area contributed by atoms with E-state index in [9.17, 15) is 4.79 Å². The minimum absolute atomic E-state index is 0.0194. The van der Waals surface area contributed by atoms with Gasteiger partial charge in [0.15, 0.2) is 0 Å². The van der Waals surface area contributed by atoms with Crippen LogP contribution in [0, 0.1) is 0 Å². The summed E-state index contributed by atoms with van der Waals surface area (Å²) in [5, 5.41) is 0. The van der Waals surface area contributed by atoms with Gasteiger partial charge in [-0.05, 0) is 31.2 Å². The number of aryl methyl sites for hydroxylation is 1. The summed E-state index contributed by atoms with van der Waals surface area (Å²) in [4.78, 5) is 11.8. The first kappa shape index (κ1) is 27.7. The highest BCUT2D eigenvalue weighted by atomic mass is 16.5. The van der Waals surface area contributed by atoms with Crippen LogP contribution in [-0.2, 0) is 16.0 Å². The predicted molar refractivity (Wildman–Crippen MR) is 135 cm³/mol. The van der Waals surface area contributed by atoms with Gasteiger partial charge in [-0.25, -0.2) is 0 Å². The van der Waals surface area contributed by atoms with Crippen LogP contribution in [0.15, 0.2) is 30.3 Å². The van der Waals surface area contributed by atoms with Gasteiger partial charge in [-0.1, -0.05) is 134 Å². The summed E-state index contributed by atoms with van der Waals surface area (Å²) in [7, 11) is 0. The maximum absolute atomic E-state index is 11.8. The number of esters is 1. The van der Waals surface area contributed by atoms with Crippen molar-refractivity contribution in [3.63, 3.8) is 0 Å². The Morgan fingerprint density at radius 2 is 1.10 bits per heavy atom. The first-order valence-corrected chi connectivity index (χ1v) is 13.5. The van der Waals surface area contributed by atoms with E-state index >= 15 is 0 Å². The fraction of sp³-hybridized carbons (Fsp3) is 0.759. The third-order valence-corrected chi connectivity index (χ3v) is 6.20. The fourth-order valence-corrected chi connectivity index (χ4v) is 4.15. The Kier molecular flexibility index (Phi) is 19.6. The number of hydrogen-bond acceptors (Lipinski definition) is 2. The van der Waals surface area contributed by atoms with Crippen molar-refractivity contribution in [2.24, 2.45) is 0 Å². The molecule has 0 saturated carbocycles. The van der Waals surface area contributed by atoms with Crippen LogP contribution in [0.25, 0.3) is 0 Å². The lowest BCUT2D eigenvalue weighted by Crippen LogP contribution is -2.05. The van der Waals surface area contributed by atoms with E-state index < -0.39 is 0 Å². The van der Waals surface area contributed by atoms with Crippen molar-refractivity contribution < 1.29 is 9.53 Å². The Morgan fingerprint density at radius 3 is 1.61 bits per heavy atom. The Bertz CT molecular complexity index is 497. The molecule has 0 saturated heterocycles. The van der Waals surface area contributed by atoms with Gasteiger partial charge in [-0.15, -0.1) is 0 Å². The number of carbonyl (C=O) groups is 1. The van der Waals surface area contributed by atoms with E-state index in [1.165, 1.54) is 102 Å². The minimum Gasteiger partial charge on any atom is -0.466 e. The van der Waals surface area contributed by atoms with Gasteiger partial charge in [0.25, 0.3) is 0 Å². The van der Waals surface area contributed by atoms with Crippen LogP contribution in [0.2, 0.25) is 0 Å². The van der Waals surface area contributed by atoms with Crippen molar-refractivity contribution >= 4 is 5.97 Å². The van der Waals surface area contributed by atoms with E-state index in [4.69, 9.17) is 4.74 Å². The molecule has 0 unspecified atom stereocenters. The zero-order valence-corrected chi connectivity index (χ0v) is 20.6. The van der Waals surface area contributed by atoms with Gasteiger partial charge in [-0.2, -0.15) is 0 Å². The van der Waals surface area contributed by atoms with Crippen LogP contribution in [-0.4, -0.2) is 12.6 Å². The second kappa shape index (κ2) is 21.9. The molecule has 0 spiro atoms. The van der Waals surface area contributed by atoms with Crippen LogP contribution >= 0.6 is 0 Å². The fourth-order valence-electron chi connectivity index (χ4n) is 4.15. The number of unbranched alkanes of at least 4 members (excludes halogenated alkanes) is 16. The lowest BCUT2D eigenvalue weighted by molar-refractivity contribution is -0.143. The predicted octanol–water partition coefficient (Wildman–Crippen LogP) is 9.20. The maximum Gasteiger partial charge on any atom is 0.305 e. The molecule has 0 radical (unpaired) electrons. The molecule has 0 amide bonds. The summed E-state index contributed by atoms with van der Waals surface area (Å²) in [6.07, 6.45) is 25.5. The number of hydrogen-bond donors (Lipinski definition) is 0. The van der Waals surface area contributed by atoms with E-state index in [0.717, 1.165) is 25.7 Å². The van der Waals surface area contributed by atoms with Gasteiger partial charge >= 0.3 is 5.97 Å². The van der Waals surface area contributed by atoms with Gasteiger partial charge in [-0.3, -0.25) is 4.79 Å². The average molecular weight is 431 g/mol. The van der Waals surface area contributed by atoms with E-state index in [2.05, 4.69) is 31.2 Å². The molecule has 178 valence electrons. The Hall–Kier alpha value is -1.31. The molecule has 0 fully saturated rings. The summed E-state index contributed by atoms with van der Waals surface area (Å²) in [5.74, 6) is -0.0194. The van der Waals surface area contributed by atoms with Gasteiger partial charge in [0, 0.05) is 6.42 Å². The van der Waals surface area contributed by atoms with Crippen molar-refractivity contribution in [2.45, 2.75) is 135 Å². The molecule has 0 aliphatic carbocycles. The Balaban J connectivity index is 1.73. The quantitative estimate of drug-likeness (QED) is 0.135. The van der Waals surface area contributed by atoms with E-state index in [1.807, 2.05) is 6.07 Å². The zero-order chi connectivity index (χ0) is 22.2. The second-order valence-electron chi connectivity index (χ2n) is 9.22. The molecule has 2 heteroatoms. The molecule has 0 aliphatic heterocycles. The minimum atomic E-state index is -0.0194. The van der Waals surface area contributed by atoms with Crippen molar-refractivity contribution in [3.05, 3.63) is 35.9 Å². The van der Waals surface area contributed by atoms with Gasteiger partial charge in [0.2, 0.25) is 0 Å². The van der Waals surface area contributed by atoms with E-state index in [1.54, 1.807) is 0 Å². The third kappa shape index (κ3) is 19.1. The molecule has 0 N–H and O–H groups in total. The molecule has 0 atom stereocenters. The standard InChI is InChI=1S/C29H50O2/c1-2-3-4-5-6-7-8-9-10-11-12-13-14-15-16-22-27-31-29(30)26-21-20-25-28-23-18-17-19-24-28/h17-19,23-24H,2-16,20-22,25-27H2,1H3. The summed E-state index contributed by atoms with van der Waals surface area (Å²) in [6, 6.07) is 10.5. The van der Waals surface area contributed by atoms with E-state index in [-0.39, 0.29) is 5.97 Å². The largest absolute Gasteiger partial charge is 0.466 e. The van der Waals surface area contributed by atoms with Crippen molar-refractivity contribution in [1.82, 2.24) is 0 Å². The van der Waals surface area contributed by atoms with Crippen LogP contribution in [0.1, 0.15) is 134 Å². The van der Waals surface area contributed by atoms with Crippen LogP contribution in [0.4, 0.5) is 0 Å². The third-order valence-electron chi connectivity index (χ3n) is 6.20. The Labute approximate surface area is 193 Å². The van der Waals surface area contributed by atoms with Crippen LogP contribution < -0.4 is 0 Å². The SMILES string of the molecule is CCCCCCCCCCCCCCCCCCOC(=O)CCCCc1ccccc1. The van der Waals surface area contributed by atoms with Crippen molar-refractivity contribution in [2.75, 3.05) is 6.61 Å². The Morgan fingerprint density at radius 1 is 0.613 bits per heavy atom. The number of ether oxygens (including phenoxy) is 1. The van der Waals surface area contributed by atoms with Crippen molar-refractivity contribution in [1.29, 1.82) is 0 Å². The summed E-state index contributed by atoms with van der Waals surface area (Å²) >= 11 is 0. The first-order valence-electron chi connectivity index (χ1n) is 13.5. The lowest BCUT2D eigenvalue weighted by Gasteiger charge is -2.06. The second-order valence-corrected chi connectivity index (χ2v) is 9.22. The normalized spacial score (nSPS) is 11.0. The molecule has 2 nitrogen and oxygen atoms in total. The average Bonchev–Trinajstić information content (AvgIpc) is 2.79. The van der Waals surface area contributed by atoms with Crippen LogP contribution in [0.5, 0.6) is 0 Å². The molecule has 0 bridgehead atoms. The summed E-state index contributed by atoms with van der Waals surface area (Å²) < 4.78 is 5.37. The van der Waals surface area contributed by atoms with Gasteiger partial charge in [0.05, 0.1) is 6.61 Å². The van der Waals surface area contributed by atoms with E-state index in [0.29, 0.717) is 13.0 Å². The molecule has 0 heterocycles. The highest BCUT2D eigenvalue weighted by molar-refractivity contribution is 5.69. The molecule has 1 aromatic rings. The van der Waals surface area contributed by atoms with Gasteiger partial charge in [0.1, 0.15) is 0 Å². The highest BCUT2D eigenvalue weighted by Gasteiger charge is 2.03. The smallest absolute Gasteiger partial charge is 0.305 e. The maximum atomic E-state index is 11.8. The first-order chi connectivity index (χ1) is 15.3. The molecular weight excluding hydrogens is 380 g/mol. The zero-order valence-electron chi connectivity index (χ0n) is 20.6. The van der Waals surface area contributed by atoms with Crippen LogP contribution in [0.3, 0.4) is 0 Å². The molecule has 1 rings (SSSR count). The molecule has 31 heavy (non-hydrogen) atoms. The van der Waals surface area contributed by atoms with Crippen molar-refractivity contribution in [3.8, 4) is 0 Å². The molecule has 0 aromatic heterocycles. The number of carbonyl (C=O) groups excluding carboxylic acids is 1.